The number of hydrogen-bond acceptors (Lipinski definition) is 4. The van der Waals surface area contributed by atoms with Crippen LogP contribution in [0.2, 0.25) is 0 Å². The zero-order valence-electron chi connectivity index (χ0n) is 8.56. The van der Waals surface area contributed by atoms with E-state index in [4.69, 9.17) is 14.0 Å². The van der Waals surface area contributed by atoms with Crippen LogP contribution in [0.3, 0.4) is 0 Å². The summed E-state index contributed by atoms with van der Waals surface area (Å²) >= 11 is 0. The van der Waals surface area contributed by atoms with Gasteiger partial charge in [-0.2, -0.15) is 0 Å². The molecule has 0 radical (unpaired) electrons. The van der Waals surface area contributed by atoms with E-state index in [0.717, 1.165) is 17.0 Å². The highest BCUT2D eigenvalue weighted by Crippen LogP contribution is 2.24. The third-order valence-corrected chi connectivity index (χ3v) is 2.08. The van der Waals surface area contributed by atoms with Crippen LogP contribution in [0.1, 0.15) is 0 Å². The molecule has 1 heterocycles. The zero-order chi connectivity index (χ0) is 10.7. The molecule has 78 valence electrons. The van der Waals surface area contributed by atoms with Crippen molar-refractivity contribution in [2.24, 2.45) is 0 Å². The van der Waals surface area contributed by atoms with Crippen LogP contribution in [0.4, 0.5) is 0 Å². The third kappa shape index (κ3) is 1.93. The molecule has 4 nitrogen and oxygen atoms in total. The average Bonchev–Trinajstić information content (AvgIpc) is 2.78. The molecule has 0 bridgehead atoms. The van der Waals surface area contributed by atoms with Crippen LogP contribution in [0, 0.1) is 0 Å². The Kier molecular flexibility index (Phi) is 2.58. The number of ether oxygens (including phenoxy) is 2. The van der Waals surface area contributed by atoms with Gasteiger partial charge in [0.25, 0.3) is 0 Å². The molecule has 2 rings (SSSR count). The van der Waals surface area contributed by atoms with E-state index in [-0.39, 0.29) is 0 Å². The van der Waals surface area contributed by atoms with Crippen LogP contribution < -0.4 is 9.47 Å². The molecule has 15 heavy (non-hydrogen) atoms. The number of benzene rings is 1. The highest BCUT2D eigenvalue weighted by Gasteiger charge is 2.05. The van der Waals surface area contributed by atoms with E-state index < -0.39 is 0 Å². The van der Waals surface area contributed by atoms with Crippen LogP contribution in [-0.2, 0) is 0 Å². The molecule has 0 aliphatic carbocycles. The maximum atomic E-state index is 5.06. The van der Waals surface area contributed by atoms with Crippen molar-refractivity contribution in [2.45, 2.75) is 0 Å². The summed E-state index contributed by atoms with van der Waals surface area (Å²) in [7, 11) is 3.17. The van der Waals surface area contributed by atoms with Crippen molar-refractivity contribution in [3.05, 3.63) is 30.3 Å². The highest BCUT2D eigenvalue weighted by atomic mass is 16.6. The molecular formula is C11H11NO3. The van der Waals surface area contributed by atoms with Crippen LogP contribution in [0.5, 0.6) is 11.7 Å². The number of rotatable bonds is 3. The molecule has 0 saturated heterocycles. The van der Waals surface area contributed by atoms with Crippen LogP contribution in [0.15, 0.2) is 34.9 Å². The summed E-state index contributed by atoms with van der Waals surface area (Å²) < 4.78 is 14.9. The van der Waals surface area contributed by atoms with E-state index in [1.54, 1.807) is 13.2 Å². The Balaban J connectivity index is 2.28. The zero-order valence-corrected chi connectivity index (χ0v) is 8.56. The first-order valence-corrected chi connectivity index (χ1v) is 4.48. The fraction of sp³-hybridized carbons (Fsp3) is 0.182. The molecule has 4 heteroatoms. The highest BCUT2D eigenvalue weighted by molar-refractivity contribution is 5.60. The average molecular weight is 205 g/mol. The van der Waals surface area contributed by atoms with Crippen LogP contribution in [-0.4, -0.2) is 19.4 Å². The Labute approximate surface area is 87.4 Å². The topological polar surface area (TPSA) is 44.5 Å². The maximum absolute atomic E-state index is 5.06. The Morgan fingerprint density at radius 1 is 1.07 bits per heavy atom. The van der Waals surface area contributed by atoms with Gasteiger partial charge in [-0.1, -0.05) is 5.16 Å². The lowest BCUT2D eigenvalue weighted by molar-refractivity contribution is 0.261. The van der Waals surface area contributed by atoms with E-state index in [2.05, 4.69) is 5.16 Å². The van der Waals surface area contributed by atoms with Crippen LogP contribution >= 0.6 is 0 Å². The normalized spacial score (nSPS) is 10.0. The van der Waals surface area contributed by atoms with Crippen LogP contribution in [0.25, 0.3) is 11.3 Å². The van der Waals surface area contributed by atoms with Crippen molar-refractivity contribution in [3.63, 3.8) is 0 Å². The van der Waals surface area contributed by atoms with Gasteiger partial charge in [-0.15, -0.1) is 0 Å². The van der Waals surface area contributed by atoms with Crippen molar-refractivity contribution in [1.29, 1.82) is 0 Å². The Morgan fingerprint density at radius 2 is 1.80 bits per heavy atom. The van der Waals surface area contributed by atoms with E-state index in [1.807, 2.05) is 24.3 Å². The monoisotopic (exact) mass is 205 g/mol. The Bertz CT molecular complexity index is 433. The van der Waals surface area contributed by atoms with Crippen molar-refractivity contribution in [3.8, 4) is 23.0 Å². The van der Waals surface area contributed by atoms with Gasteiger partial charge < -0.3 is 14.0 Å². The minimum Gasteiger partial charge on any atom is -0.497 e. The lowest BCUT2D eigenvalue weighted by Crippen LogP contribution is -1.82. The summed E-state index contributed by atoms with van der Waals surface area (Å²) in [6.07, 6.45) is 0. The quantitative estimate of drug-likeness (QED) is 0.771. The summed E-state index contributed by atoms with van der Waals surface area (Å²) in [4.78, 5) is 0. The first-order valence-electron chi connectivity index (χ1n) is 4.48. The fourth-order valence-corrected chi connectivity index (χ4v) is 1.25. The molecule has 1 aromatic carbocycles. The van der Waals surface area contributed by atoms with Gasteiger partial charge >= 0.3 is 5.95 Å². The van der Waals surface area contributed by atoms with Crippen molar-refractivity contribution < 1.29 is 14.0 Å². The van der Waals surface area contributed by atoms with Gasteiger partial charge in [0, 0.05) is 5.56 Å². The fourth-order valence-electron chi connectivity index (χ4n) is 1.25. The molecule has 1 aromatic heterocycles. The third-order valence-electron chi connectivity index (χ3n) is 2.08. The molecule has 0 spiro atoms. The van der Waals surface area contributed by atoms with E-state index >= 15 is 0 Å². The molecular weight excluding hydrogens is 194 g/mol. The minimum atomic E-state index is 0.404. The summed E-state index contributed by atoms with van der Waals surface area (Å²) in [5, 5.41) is 3.87. The number of hydrogen-bond donors (Lipinski definition) is 0. The van der Waals surface area contributed by atoms with Crippen molar-refractivity contribution in [2.75, 3.05) is 14.2 Å². The summed E-state index contributed by atoms with van der Waals surface area (Å²) in [6.45, 7) is 0. The van der Waals surface area contributed by atoms with Crippen molar-refractivity contribution in [1.82, 2.24) is 5.16 Å². The van der Waals surface area contributed by atoms with Crippen molar-refractivity contribution >= 4 is 0 Å². The molecule has 0 unspecified atom stereocenters. The lowest BCUT2D eigenvalue weighted by Gasteiger charge is -1.99. The number of aromatic nitrogens is 1. The maximum Gasteiger partial charge on any atom is 0.311 e. The number of methoxy groups -OCH3 is 2. The molecule has 0 aliphatic heterocycles. The van der Waals surface area contributed by atoms with Gasteiger partial charge in [-0.3, -0.25) is 0 Å². The Hall–Kier alpha value is -1.97. The van der Waals surface area contributed by atoms with Gasteiger partial charge in [0.15, 0.2) is 0 Å². The predicted octanol–water partition coefficient (Wildman–Crippen LogP) is 2.36. The van der Waals surface area contributed by atoms with Gasteiger partial charge in [-0.25, -0.2) is 0 Å². The molecule has 0 atom stereocenters. The molecule has 0 saturated carbocycles. The van der Waals surface area contributed by atoms with E-state index in [0.29, 0.717) is 5.95 Å². The van der Waals surface area contributed by atoms with Gasteiger partial charge in [0.2, 0.25) is 0 Å². The standard InChI is InChI=1S/C11H11NO3/c1-13-9-5-3-8(4-6-9)10-7-11(14-2)15-12-10/h3-7H,1-2H3. The Morgan fingerprint density at radius 3 is 2.33 bits per heavy atom. The first-order chi connectivity index (χ1) is 7.33. The largest absolute Gasteiger partial charge is 0.497 e. The van der Waals surface area contributed by atoms with Gasteiger partial charge in [0.05, 0.1) is 20.3 Å². The van der Waals surface area contributed by atoms with Gasteiger partial charge in [-0.05, 0) is 24.3 Å². The minimum absolute atomic E-state index is 0.404. The number of nitrogens with zero attached hydrogens (tertiary/aromatic N) is 1. The van der Waals surface area contributed by atoms with Gasteiger partial charge in [0.1, 0.15) is 11.4 Å². The smallest absolute Gasteiger partial charge is 0.311 e. The molecule has 0 fully saturated rings. The van der Waals surface area contributed by atoms with E-state index in [9.17, 15) is 0 Å². The lowest BCUT2D eigenvalue weighted by atomic mass is 10.1. The second-order valence-electron chi connectivity index (χ2n) is 2.96. The summed E-state index contributed by atoms with van der Waals surface area (Å²) in [5.41, 5.74) is 1.71. The second-order valence-corrected chi connectivity index (χ2v) is 2.96. The molecule has 0 N–H and O–H groups in total. The first kappa shape index (κ1) is 9.58. The molecule has 0 aliphatic rings. The van der Waals surface area contributed by atoms with E-state index in [1.165, 1.54) is 7.11 Å². The summed E-state index contributed by atoms with van der Waals surface area (Å²) in [6, 6.07) is 9.31. The summed E-state index contributed by atoms with van der Waals surface area (Å²) in [5.74, 6) is 1.22. The molecule has 2 aromatic rings. The molecule has 0 amide bonds. The predicted molar refractivity (Wildman–Crippen MR) is 55.0 cm³/mol. The SMILES string of the molecule is COc1ccc(-c2cc(OC)on2)cc1. The second kappa shape index (κ2) is 4.04.